The highest BCUT2D eigenvalue weighted by Crippen LogP contribution is 2.40. The molecule has 0 amide bonds. The maximum absolute atomic E-state index is 4.62. The van der Waals surface area contributed by atoms with Gasteiger partial charge in [-0.3, -0.25) is 0 Å². The number of thiol groups is 2. The summed E-state index contributed by atoms with van der Waals surface area (Å²) in [5.41, 5.74) is 5.04. The second-order valence-electron chi connectivity index (χ2n) is 7.81. The highest BCUT2D eigenvalue weighted by atomic mass is 32.2. The van der Waals surface area contributed by atoms with Crippen LogP contribution >= 0.6 is 84.1 Å². The highest BCUT2D eigenvalue weighted by Gasteiger charge is 2.20. The summed E-state index contributed by atoms with van der Waals surface area (Å²) in [6, 6.07) is 21.6. The Morgan fingerprint density at radius 2 is 1.29 bits per heavy atom. The standard InChI is InChI=1S/C25H30N2S7/c1-17(29)31-15-25(33-13-21-11-19-7-3-5-9-23(19)27-21)34-24(14-30-16-28)32-12-20-10-18-6-2-4-8-22(18)26-20/h2-11,17,24-29H,12-16H2,1H3. The van der Waals surface area contributed by atoms with Crippen LogP contribution in [-0.4, -0.2) is 40.3 Å². The number of benzene rings is 2. The van der Waals surface area contributed by atoms with Crippen LogP contribution in [0.25, 0.3) is 21.8 Å². The Morgan fingerprint density at radius 1 is 0.765 bits per heavy atom. The maximum atomic E-state index is 4.62. The van der Waals surface area contributed by atoms with Crippen molar-refractivity contribution in [2.24, 2.45) is 0 Å². The molecule has 0 aliphatic rings. The van der Waals surface area contributed by atoms with Crippen molar-refractivity contribution in [1.82, 2.24) is 9.97 Å². The number of hydrogen-bond acceptors (Lipinski definition) is 7. The van der Waals surface area contributed by atoms with E-state index >= 15 is 0 Å². The molecule has 0 saturated heterocycles. The first kappa shape index (κ1) is 27.0. The average molecular weight is 583 g/mol. The van der Waals surface area contributed by atoms with Gasteiger partial charge in [-0.15, -0.1) is 58.8 Å². The molecule has 2 aromatic carbocycles. The lowest BCUT2D eigenvalue weighted by molar-refractivity contribution is 1.25. The molecule has 0 aliphatic carbocycles. The van der Waals surface area contributed by atoms with Crippen LogP contribution < -0.4 is 0 Å². The van der Waals surface area contributed by atoms with E-state index in [2.05, 4.69) is 115 Å². The molecule has 2 heterocycles. The van der Waals surface area contributed by atoms with E-state index in [9.17, 15) is 0 Å². The number of thioether (sulfide) groups is 5. The molecule has 3 unspecified atom stereocenters. The lowest BCUT2D eigenvalue weighted by Crippen LogP contribution is -2.12. The van der Waals surface area contributed by atoms with Gasteiger partial charge in [0.1, 0.15) is 0 Å². The molecule has 9 heteroatoms. The van der Waals surface area contributed by atoms with Gasteiger partial charge in [0.25, 0.3) is 0 Å². The Labute approximate surface area is 234 Å². The van der Waals surface area contributed by atoms with Crippen molar-refractivity contribution in [2.45, 2.75) is 32.2 Å². The van der Waals surface area contributed by atoms with Crippen LogP contribution in [-0.2, 0) is 11.5 Å². The number of aromatic amines is 2. The number of rotatable bonds is 14. The van der Waals surface area contributed by atoms with Crippen LogP contribution in [0.4, 0.5) is 0 Å². The molecule has 0 bridgehead atoms. The predicted octanol–water partition coefficient (Wildman–Crippen LogP) is 8.83. The summed E-state index contributed by atoms with van der Waals surface area (Å²) in [7, 11) is 0. The molecule has 182 valence electrons. The molecule has 3 atom stereocenters. The minimum atomic E-state index is 0.348. The van der Waals surface area contributed by atoms with Gasteiger partial charge in [-0.2, -0.15) is 25.3 Å². The zero-order valence-corrected chi connectivity index (χ0v) is 24.8. The maximum Gasteiger partial charge on any atom is 0.0608 e. The van der Waals surface area contributed by atoms with Crippen LogP contribution in [0.15, 0.2) is 60.7 Å². The van der Waals surface area contributed by atoms with E-state index < -0.39 is 0 Å². The predicted molar refractivity (Wildman–Crippen MR) is 172 cm³/mol. The Balaban J connectivity index is 1.39. The summed E-state index contributed by atoms with van der Waals surface area (Å²) in [6.07, 6.45) is 0. The largest absolute Gasteiger partial charge is 0.358 e. The van der Waals surface area contributed by atoms with E-state index in [0.717, 1.165) is 28.1 Å². The van der Waals surface area contributed by atoms with Crippen molar-refractivity contribution in [1.29, 1.82) is 0 Å². The average Bonchev–Trinajstić information content (AvgIpc) is 3.45. The molecule has 2 nitrogen and oxygen atoms in total. The zero-order chi connectivity index (χ0) is 23.8. The van der Waals surface area contributed by atoms with Crippen molar-refractivity contribution in [3.63, 3.8) is 0 Å². The second kappa shape index (κ2) is 14.1. The van der Waals surface area contributed by atoms with Crippen LogP contribution in [0, 0.1) is 0 Å². The molecule has 4 rings (SSSR count). The summed E-state index contributed by atoms with van der Waals surface area (Å²) in [4.78, 5) is 7.17. The molecule has 0 spiro atoms. The van der Waals surface area contributed by atoms with Crippen molar-refractivity contribution < 1.29 is 0 Å². The van der Waals surface area contributed by atoms with Crippen molar-refractivity contribution in [3.8, 4) is 0 Å². The molecule has 0 radical (unpaired) electrons. The SMILES string of the molecule is CC(S)SCC(SCc1cc2ccccc2[nH]1)SC(CSCS)SCc1cc2ccccc2[nH]1. The van der Waals surface area contributed by atoms with E-state index in [0.29, 0.717) is 13.7 Å². The first-order chi connectivity index (χ1) is 16.6. The number of H-pyrrole nitrogens is 2. The summed E-state index contributed by atoms with van der Waals surface area (Å²) in [5.74, 6) is 4.18. The molecule has 0 fully saturated rings. The van der Waals surface area contributed by atoms with E-state index in [1.165, 1.54) is 33.2 Å². The lowest BCUT2D eigenvalue weighted by atomic mass is 10.2. The van der Waals surface area contributed by atoms with Gasteiger partial charge >= 0.3 is 0 Å². The fraction of sp³-hybridized carbons (Fsp3) is 0.360. The Kier molecular flexibility index (Phi) is 11.2. The second-order valence-corrected chi connectivity index (χ2v) is 16.5. The van der Waals surface area contributed by atoms with E-state index in [4.69, 9.17) is 0 Å². The van der Waals surface area contributed by atoms with Gasteiger partial charge in [-0.05, 0) is 42.0 Å². The molecule has 2 aromatic heterocycles. The third-order valence-electron chi connectivity index (χ3n) is 5.14. The minimum Gasteiger partial charge on any atom is -0.358 e. The quantitative estimate of drug-likeness (QED) is 0.0882. The van der Waals surface area contributed by atoms with Gasteiger partial charge in [-0.25, -0.2) is 0 Å². The summed E-state index contributed by atoms with van der Waals surface area (Å²) >= 11 is 19.1. The van der Waals surface area contributed by atoms with Crippen LogP contribution in [0.5, 0.6) is 0 Å². The van der Waals surface area contributed by atoms with Gasteiger partial charge < -0.3 is 9.97 Å². The van der Waals surface area contributed by atoms with Gasteiger partial charge in [0.05, 0.1) is 9.16 Å². The van der Waals surface area contributed by atoms with E-state index in [1.54, 1.807) is 0 Å². The Morgan fingerprint density at radius 3 is 1.79 bits per heavy atom. The molecule has 2 N–H and O–H groups in total. The summed E-state index contributed by atoms with van der Waals surface area (Å²) in [6.45, 7) is 2.16. The van der Waals surface area contributed by atoms with Crippen LogP contribution in [0.3, 0.4) is 0 Å². The molecular weight excluding hydrogens is 553 g/mol. The van der Waals surface area contributed by atoms with Crippen LogP contribution in [0.1, 0.15) is 18.3 Å². The van der Waals surface area contributed by atoms with Crippen molar-refractivity contribution in [2.75, 3.05) is 16.6 Å². The molecule has 4 aromatic rings. The van der Waals surface area contributed by atoms with Crippen LogP contribution in [0.2, 0.25) is 0 Å². The fourth-order valence-corrected chi connectivity index (χ4v) is 10.8. The number of aromatic nitrogens is 2. The number of nitrogens with one attached hydrogen (secondary N) is 2. The first-order valence-corrected chi connectivity index (χ1v) is 17.5. The summed E-state index contributed by atoms with van der Waals surface area (Å²) in [5, 5.41) is 3.44. The molecular formula is C25H30N2S7. The molecule has 34 heavy (non-hydrogen) atoms. The third-order valence-corrected chi connectivity index (χ3v) is 13.2. The number of para-hydroxylation sites is 2. The number of fused-ring (bicyclic) bond motifs is 2. The van der Waals surface area contributed by atoms with Gasteiger partial charge in [0.2, 0.25) is 0 Å². The summed E-state index contributed by atoms with van der Waals surface area (Å²) < 4.78 is 1.37. The zero-order valence-electron chi connectivity index (χ0n) is 19.0. The van der Waals surface area contributed by atoms with Gasteiger partial charge in [0, 0.05) is 55.1 Å². The van der Waals surface area contributed by atoms with Gasteiger partial charge in [0.15, 0.2) is 0 Å². The first-order valence-electron chi connectivity index (χ1n) is 11.1. The molecule has 0 saturated carbocycles. The van der Waals surface area contributed by atoms with Crippen molar-refractivity contribution in [3.05, 3.63) is 72.1 Å². The Bertz CT molecular complexity index is 1090. The minimum absolute atomic E-state index is 0.348. The fourth-order valence-electron chi connectivity index (χ4n) is 3.58. The molecule has 0 aliphatic heterocycles. The lowest BCUT2D eigenvalue weighted by Gasteiger charge is -2.23. The normalized spacial score (nSPS) is 14.6. The third kappa shape index (κ3) is 8.25. The van der Waals surface area contributed by atoms with E-state index in [-0.39, 0.29) is 0 Å². The monoisotopic (exact) mass is 582 g/mol. The topological polar surface area (TPSA) is 31.6 Å². The number of hydrogen-bond donors (Lipinski definition) is 4. The smallest absolute Gasteiger partial charge is 0.0608 e. The van der Waals surface area contributed by atoms with Crippen molar-refractivity contribution >= 4 is 106 Å². The van der Waals surface area contributed by atoms with E-state index in [1.807, 2.05) is 47.0 Å². The van der Waals surface area contributed by atoms with Gasteiger partial charge in [-0.1, -0.05) is 36.4 Å². The Hall–Kier alpha value is -0.0300. The highest BCUT2D eigenvalue weighted by molar-refractivity contribution is 8.25.